The molecule has 0 fully saturated rings. The second-order valence-corrected chi connectivity index (χ2v) is 15.9. The maximum atomic E-state index is 11.2. The quantitative estimate of drug-likeness (QED) is 0.0284. The number of ether oxygens (including phenoxy) is 1. The predicted octanol–water partition coefficient (Wildman–Crippen LogP) is -5.79. The molecule has 0 saturated carbocycles. The van der Waals surface area contributed by atoms with Crippen LogP contribution < -0.4 is 50.9 Å². The van der Waals surface area contributed by atoms with Gasteiger partial charge in [-0.2, -0.15) is 11.8 Å². The Kier molecular flexibility index (Phi) is 48.2. The topological polar surface area (TPSA) is 562 Å². The molecule has 2 amide bonds. The van der Waals surface area contributed by atoms with Gasteiger partial charge < -0.3 is 96.4 Å². The first kappa shape index (κ1) is 69.6. The van der Waals surface area contributed by atoms with Crippen molar-refractivity contribution in [3.63, 3.8) is 0 Å². The number of primary amides is 2. The molecule has 0 aliphatic carbocycles. The van der Waals surface area contributed by atoms with Crippen molar-refractivity contribution < 1.29 is 93.5 Å². The van der Waals surface area contributed by atoms with Gasteiger partial charge in [-0.05, 0) is 43.6 Å². The van der Waals surface area contributed by atoms with Crippen LogP contribution in [0.25, 0.3) is 0 Å². The fourth-order valence-corrected chi connectivity index (χ4v) is 4.59. The third kappa shape index (κ3) is 54.9. The van der Waals surface area contributed by atoms with Crippen LogP contribution in [-0.2, 0) is 52.7 Å². The molecule has 0 aromatic carbocycles. The summed E-state index contributed by atoms with van der Waals surface area (Å²) in [4.78, 5) is 105. The van der Waals surface area contributed by atoms with E-state index in [2.05, 4.69) is 15.5 Å². The van der Waals surface area contributed by atoms with Crippen LogP contribution in [0, 0.1) is 5.92 Å². The van der Waals surface area contributed by atoms with Crippen LogP contribution in [0.3, 0.4) is 0 Å². The number of aliphatic hydroxyl groups is 1. The molecule has 0 aliphatic rings. The minimum absolute atomic E-state index is 0.0213. The van der Waals surface area contributed by atoms with Gasteiger partial charge in [0, 0.05) is 13.0 Å². The Balaban J connectivity index is -0.000000156. The Morgan fingerprint density at radius 2 is 1.05 bits per heavy atom. The summed E-state index contributed by atoms with van der Waals surface area (Å²) in [5, 5.41) is 66.2. The largest absolute Gasteiger partial charge is 0.481 e. The molecule has 0 heterocycles. The normalized spacial score (nSPS) is 13.4. The number of nitrogens with two attached hydrogens (primary N) is 8. The number of rotatable bonds is 26. The minimum Gasteiger partial charge on any atom is -0.481 e. The van der Waals surface area contributed by atoms with E-state index in [9.17, 15) is 47.9 Å². The maximum absolute atomic E-state index is 11.2. The number of aliphatic carboxylic acids is 7. The molecule has 0 saturated heterocycles. The second-order valence-electron chi connectivity index (χ2n) is 13.0. The Morgan fingerprint density at radius 1 is 0.603 bits per heavy atom. The standard InChI is InChI=1S/C8H16N2O4S.C6H15NO3Si.C6H13NO2.C5H10N2O3.C4H8N2O3.C4H7NO4/c1-15-3-2-5(9)8(13)14-4-6(10)7(11)12;1-2-11-7-5(3-4-8)6(9)10;1-4(2)3-5(7)6(8)9;6-3(5(9)10)1-2-4(7)8;2*5-2(4(8)9)1-3(6)7/h5-6H,2-4,9-10H2,1H3,(H,11,12);5,7-8H,2-4,11H2,1H3,(H,9,10);4-5H,3,7H2,1-2H3,(H,8,9);3H,1-2,6H2,(H2,7,8)(H,9,10);2H,1,5H2,(H2,6,7)(H,8,9);2H,1,5H2,(H,6,7)(H,8,9). The summed E-state index contributed by atoms with van der Waals surface area (Å²) in [5.41, 5.74) is 40.1. The van der Waals surface area contributed by atoms with E-state index in [0.717, 1.165) is 11.8 Å². The number of hydrogen-bond donors (Lipinski definition) is 17. The Hall–Kier alpha value is -5.05. The zero-order valence-corrected chi connectivity index (χ0v) is 37.9. The lowest BCUT2D eigenvalue weighted by atomic mass is 10.1. The van der Waals surface area contributed by atoms with Crippen LogP contribution in [0.2, 0.25) is 6.04 Å². The summed E-state index contributed by atoms with van der Waals surface area (Å²) in [6.45, 7) is 5.51. The smallest absolute Gasteiger partial charge is 0.324 e. The van der Waals surface area contributed by atoms with Crippen molar-refractivity contribution in [2.24, 2.45) is 51.8 Å². The molecule has 0 aliphatic heterocycles. The molecule has 0 aromatic heterocycles. The van der Waals surface area contributed by atoms with Crippen molar-refractivity contribution in [2.75, 3.05) is 25.2 Å². The van der Waals surface area contributed by atoms with E-state index in [-0.39, 0.29) is 32.5 Å². The Labute approximate surface area is 370 Å². The van der Waals surface area contributed by atoms with Crippen molar-refractivity contribution >= 4 is 81.0 Å². The fraction of sp³-hybridized carbons (Fsp3) is 0.697. The van der Waals surface area contributed by atoms with Gasteiger partial charge in [0.2, 0.25) is 11.8 Å². The monoisotopic (exact) mass is 955 g/mol. The van der Waals surface area contributed by atoms with E-state index < -0.39 is 118 Å². The minimum atomic E-state index is -1.29. The molecule has 7 atom stereocenters. The van der Waals surface area contributed by atoms with E-state index in [1.165, 1.54) is 0 Å². The third-order valence-corrected chi connectivity index (χ3v) is 8.45. The molecule has 0 radical (unpaired) electrons. The van der Waals surface area contributed by atoms with Crippen molar-refractivity contribution in [2.45, 2.75) is 114 Å². The van der Waals surface area contributed by atoms with Crippen LogP contribution in [0.4, 0.5) is 0 Å². The van der Waals surface area contributed by atoms with Gasteiger partial charge in [-0.25, -0.2) is 0 Å². The number of nitrogens with one attached hydrogen (secondary N) is 1. The number of amides is 2. The van der Waals surface area contributed by atoms with E-state index >= 15 is 0 Å². The third-order valence-electron chi connectivity index (χ3n) is 6.53. The number of carbonyl (C=O) groups excluding carboxylic acids is 3. The summed E-state index contributed by atoms with van der Waals surface area (Å²) in [6.07, 6.45) is 2.54. The molecular weight excluding hydrogens is 887 g/mol. The molecule has 0 rings (SSSR count). The molecule has 0 bridgehead atoms. The lowest BCUT2D eigenvalue weighted by Crippen LogP contribution is -2.39. The molecule has 63 heavy (non-hydrogen) atoms. The first-order chi connectivity index (χ1) is 28.9. The lowest BCUT2D eigenvalue weighted by Gasteiger charge is -2.12. The van der Waals surface area contributed by atoms with Gasteiger partial charge in [0.15, 0.2) is 0 Å². The highest BCUT2D eigenvalue weighted by atomic mass is 32.2. The highest BCUT2D eigenvalue weighted by molar-refractivity contribution is 7.98. The fourth-order valence-electron chi connectivity index (χ4n) is 3.08. The zero-order valence-electron chi connectivity index (χ0n) is 35.7. The average Bonchev–Trinajstić information content (AvgIpc) is 3.16. The number of carbonyl (C=O) groups is 10. The van der Waals surface area contributed by atoms with Gasteiger partial charge in [0.1, 0.15) is 48.9 Å². The van der Waals surface area contributed by atoms with Gasteiger partial charge >= 0.3 is 47.8 Å². The van der Waals surface area contributed by atoms with Crippen LogP contribution in [0.15, 0.2) is 0 Å². The Bertz CT molecular complexity index is 1340. The van der Waals surface area contributed by atoms with Gasteiger partial charge in [-0.1, -0.05) is 26.8 Å². The number of hydrogen-bond acceptors (Lipinski definition) is 20. The highest BCUT2D eigenvalue weighted by Crippen LogP contribution is 2.02. The van der Waals surface area contributed by atoms with Crippen LogP contribution in [-0.4, -0.2) is 178 Å². The van der Waals surface area contributed by atoms with Crippen molar-refractivity contribution in [1.29, 1.82) is 0 Å². The summed E-state index contributed by atoms with van der Waals surface area (Å²) in [5.74, 6) is -8.54. The number of esters is 1. The molecular formula is C33H69N9O19SSi. The van der Waals surface area contributed by atoms with E-state index in [1.54, 1.807) is 11.8 Å². The number of thioether (sulfide) groups is 1. The first-order valence-corrected chi connectivity index (χ1v) is 21.6. The van der Waals surface area contributed by atoms with Gasteiger partial charge in [0.05, 0.1) is 22.5 Å². The lowest BCUT2D eigenvalue weighted by molar-refractivity contribution is -0.149. The molecule has 30 heteroatoms. The Morgan fingerprint density at radius 3 is 1.32 bits per heavy atom. The summed E-state index contributed by atoms with van der Waals surface area (Å²) in [7, 11) is -0.431. The van der Waals surface area contributed by atoms with Gasteiger partial charge in [0.25, 0.3) is 0 Å². The number of carboxylic acids is 7. The molecule has 370 valence electrons. The zero-order chi connectivity index (χ0) is 51.0. The molecule has 0 aromatic rings. The molecule has 0 spiro atoms. The number of carboxylic acid groups (broad SMARTS) is 7. The van der Waals surface area contributed by atoms with Crippen molar-refractivity contribution in [1.82, 2.24) is 4.98 Å². The first-order valence-electron chi connectivity index (χ1n) is 18.5. The summed E-state index contributed by atoms with van der Waals surface area (Å²) >= 11 is 1.57. The van der Waals surface area contributed by atoms with E-state index in [0.29, 0.717) is 25.2 Å². The predicted molar refractivity (Wildman–Crippen MR) is 229 cm³/mol. The summed E-state index contributed by atoms with van der Waals surface area (Å²) in [6, 6.07) is -5.52. The second kappa shape index (κ2) is 43.6. The van der Waals surface area contributed by atoms with Crippen LogP contribution >= 0.6 is 11.8 Å². The van der Waals surface area contributed by atoms with Crippen LogP contribution in [0.5, 0.6) is 0 Å². The number of aliphatic hydroxyl groups excluding tert-OH is 1. The maximum Gasteiger partial charge on any atom is 0.324 e. The van der Waals surface area contributed by atoms with Gasteiger partial charge in [-0.15, -0.1) is 0 Å². The SMILES string of the molecule is CC(C)CC(N)C(=O)O.CC[SiH2]NC(CCO)C(=O)O.CSCCC(N)C(=O)OCC(N)C(=O)O.NC(=O)CC(N)C(=O)O.NC(=O)CCC(N)C(=O)O.NC(CC(=O)O)C(=O)O. The van der Waals surface area contributed by atoms with E-state index in [4.69, 9.17) is 81.0 Å². The van der Waals surface area contributed by atoms with Crippen LogP contribution in [0.1, 0.15) is 65.7 Å². The molecule has 28 nitrogen and oxygen atoms in total. The molecule has 25 N–H and O–H groups in total. The summed E-state index contributed by atoms with van der Waals surface area (Å²) < 4.78 is 4.64. The average molecular weight is 956 g/mol. The van der Waals surface area contributed by atoms with Crippen molar-refractivity contribution in [3.8, 4) is 0 Å². The van der Waals surface area contributed by atoms with Gasteiger partial charge in [-0.3, -0.25) is 47.9 Å². The highest BCUT2D eigenvalue weighted by Gasteiger charge is 2.19. The molecule has 7 unspecified atom stereocenters. The van der Waals surface area contributed by atoms with E-state index in [1.807, 2.05) is 27.0 Å². The van der Waals surface area contributed by atoms with Crippen molar-refractivity contribution in [3.05, 3.63) is 0 Å².